The van der Waals surface area contributed by atoms with Gasteiger partial charge in [-0.05, 0) is 134 Å². The summed E-state index contributed by atoms with van der Waals surface area (Å²) in [6.07, 6.45) is 0. The molecule has 0 saturated carbocycles. The molecule has 0 N–H and O–H groups in total. The molecule has 11 aromatic carbocycles. The molecule has 0 atom stereocenters. The second kappa shape index (κ2) is 20.5. The lowest BCUT2D eigenvalue weighted by molar-refractivity contribution is 0.641. The van der Waals surface area contributed by atoms with E-state index in [9.17, 15) is 0 Å². The lowest BCUT2D eigenvalue weighted by Gasteiger charge is -2.46. The topological polar surface area (TPSA) is 9.72 Å². The molecule has 3 nitrogen and oxygen atoms in total. The third-order valence-corrected chi connectivity index (χ3v) is 18.5. The van der Waals surface area contributed by atoms with Crippen LogP contribution in [0.5, 0.6) is 0 Å². The SMILES string of the molecule is CC(C)(c1ccccc1)c1ccc(N2c3ccc(C(C)(C)c4ccccc4)cc3B3c4cc(C(C)(C)c5ccccc5)ccc4N(c4ccc(C(C)(C)c5ccccc5)cc4)c4cc(N(c5ccccc5)c5ccccc5)cc2c43)cc1. The first-order valence-corrected chi connectivity index (χ1v) is 29.1. The van der Waals surface area contributed by atoms with Crippen LogP contribution in [0.1, 0.15) is 99.9 Å². The Morgan fingerprint density at radius 3 is 0.841 bits per heavy atom. The first kappa shape index (κ1) is 52.3. The first-order valence-electron chi connectivity index (χ1n) is 29.1. The van der Waals surface area contributed by atoms with Crippen molar-refractivity contribution in [3.8, 4) is 0 Å². The lowest BCUT2D eigenvalue weighted by atomic mass is 9.33. The maximum atomic E-state index is 2.58. The van der Waals surface area contributed by atoms with Crippen LogP contribution in [0, 0.1) is 0 Å². The summed E-state index contributed by atoms with van der Waals surface area (Å²) in [6.45, 7) is 18.7. The van der Waals surface area contributed by atoms with Crippen LogP contribution in [-0.4, -0.2) is 6.71 Å². The molecule has 0 aromatic heterocycles. The van der Waals surface area contributed by atoms with E-state index in [2.05, 4.69) is 349 Å². The van der Waals surface area contributed by atoms with E-state index in [1.165, 1.54) is 72.3 Å². The molecule has 2 aliphatic heterocycles. The zero-order valence-corrected chi connectivity index (χ0v) is 48.5. The van der Waals surface area contributed by atoms with Crippen LogP contribution >= 0.6 is 0 Å². The van der Waals surface area contributed by atoms with Crippen molar-refractivity contribution < 1.29 is 0 Å². The summed E-state index contributed by atoms with van der Waals surface area (Å²) < 4.78 is 0. The molecular weight excluding hydrogens is 990 g/mol. The maximum Gasteiger partial charge on any atom is 0.252 e. The van der Waals surface area contributed by atoms with Crippen molar-refractivity contribution in [1.29, 1.82) is 0 Å². The van der Waals surface area contributed by atoms with Gasteiger partial charge in [0.1, 0.15) is 0 Å². The average Bonchev–Trinajstić information content (AvgIpc) is 1.88. The Labute approximate surface area is 486 Å². The van der Waals surface area contributed by atoms with E-state index in [0.717, 1.165) is 39.8 Å². The molecule has 400 valence electrons. The van der Waals surface area contributed by atoms with Crippen molar-refractivity contribution in [2.45, 2.75) is 77.0 Å². The molecule has 11 aromatic rings. The van der Waals surface area contributed by atoms with Gasteiger partial charge in [-0.25, -0.2) is 0 Å². The number of para-hydroxylation sites is 2. The Morgan fingerprint density at radius 2 is 0.524 bits per heavy atom. The summed E-state index contributed by atoms with van der Waals surface area (Å²) in [5.41, 5.74) is 23.2. The molecule has 0 fully saturated rings. The number of fused-ring (bicyclic) bond motifs is 4. The molecule has 13 rings (SSSR count). The second-order valence-corrected chi connectivity index (χ2v) is 24.6. The number of anilines is 9. The summed E-state index contributed by atoms with van der Waals surface area (Å²) in [6, 6.07) is 104. The molecule has 0 aliphatic carbocycles. The fraction of sp³-hybridized carbons (Fsp3) is 0.154. The fourth-order valence-corrected chi connectivity index (χ4v) is 13.2. The van der Waals surface area contributed by atoms with Crippen molar-refractivity contribution in [2.75, 3.05) is 14.7 Å². The number of hydrogen-bond acceptors (Lipinski definition) is 3. The standard InChI is InChI=1S/C78H70BN3/c1-75(2,55-27-15-9-16-28-55)59-39-45-65(46-40-59)81-70-49-43-61(77(5,6)57-31-19-11-20-32-57)51-68(70)79-69-52-62(78(7,8)58-33-21-12-22-34-58)44-50-71(69)82(66-47-41-60(42-48-66)76(3,4)56-29-17-10-18-30-56)73-54-67(53-72(81)74(73)79)80(63-35-23-13-24-36-63)64-37-25-14-26-38-64/h9-54H,1-8H3. The predicted octanol–water partition coefficient (Wildman–Crippen LogP) is 18.5. The molecule has 82 heavy (non-hydrogen) atoms. The van der Waals surface area contributed by atoms with Crippen molar-refractivity contribution in [2.24, 2.45) is 0 Å². The minimum atomic E-state index is -0.291. The second-order valence-electron chi connectivity index (χ2n) is 24.6. The van der Waals surface area contributed by atoms with E-state index < -0.39 is 0 Å². The molecular formula is C78H70BN3. The highest BCUT2D eigenvalue weighted by Gasteiger charge is 2.46. The van der Waals surface area contributed by atoms with Crippen LogP contribution in [0.15, 0.2) is 279 Å². The van der Waals surface area contributed by atoms with Gasteiger partial charge in [-0.15, -0.1) is 0 Å². The van der Waals surface area contributed by atoms with Gasteiger partial charge in [0.2, 0.25) is 0 Å². The monoisotopic (exact) mass is 1060 g/mol. The minimum absolute atomic E-state index is 0.135. The first-order chi connectivity index (χ1) is 39.7. The van der Waals surface area contributed by atoms with Crippen LogP contribution in [0.3, 0.4) is 0 Å². The number of benzene rings is 11. The normalized spacial score (nSPS) is 13.0. The molecule has 4 heteroatoms. The highest BCUT2D eigenvalue weighted by molar-refractivity contribution is 7.00. The molecule has 0 unspecified atom stereocenters. The quantitative estimate of drug-likeness (QED) is 0.107. The van der Waals surface area contributed by atoms with Crippen LogP contribution in [0.4, 0.5) is 51.2 Å². The smallest absolute Gasteiger partial charge is 0.252 e. The van der Waals surface area contributed by atoms with Crippen molar-refractivity contribution in [3.63, 3.8) is 0 Å². The maximum absolute atomic E-state index is 2.58. The van der Waals surface area contributed by atoms with E-state index >= 15 is 0 Å². The Hall–Kier alpha value is -9.12. The van der Waals surface area contributed by atoms with E-state index in [1.807, 2.05) is 0 Å². The lowest BCUT2D eigenvalue weighted by Crippen LogP contribution is -2.61. The van der Waals surface area contributed by atoms with E-state index in [-0.39, 0.29) is 28.4 Å². The van der Waals surface area contributed by atoms with Crippen molar-refractivity contribution >= 4 is 74.3 Å². The van der Waals surface area contributed by atoms with E-state index in [1.54, 1.807) is 0 Å². The number of hydrogen-bond donors (Lipinski definition) is 0. The molecule has 0 amide bonds. The van der Waals surface area contributed by atoms with Crippen LogP contribution in [-0.2, 0) is 21.7 Å². The van der Waals surface area contributed by atoms with E-state index in [0.29, 0.717) is 0 Å². The Kier molecular flexibility index (Phi) is 13.0. The zero-order valence-electron chi connectivity index (χ0n) is 48.5. The molecule has 0 saturated heterocycles. The van der Waals surface area contributed by atoms with Gasteiger partial charge in [0, 0.05) is 67.2 Å². The van der Waals surface area contributed by atoms with Gasteiger partial charge in [-0.3, -0.25) is 0 Å². The Bertz CT molecular complexity index is 3800. The molecule has 0 bridgehead atoms. The largest absolute Gasteiger partial charge is 0.311 e. The van der Waals surface area contributed by atoms with Gasteiger partial charge < -0.3 is 14.7 Å². The van der Waals surface area contributed by atoms with Crippen molar-refractivity contribution in [3.05, 3.63) is 324 Å². The molecule has 2 heterocycles. The molecule has 2 aliphatic rings. The third kappa shape index (κ3) is 8.93. The summed E-state index contributed by atoms with van der Waals surface area (Å²) >= 11 is 0. The summed E-state index contributed by atoms with van der Waals surface area (Å²) in [5, 5.41) is 0. The van der Waals surface area contributed by atoms with Gasteiger partial charge in [0.25, 0.3) is 6.71 Å². The van der Waals surface area contributed by atoms with Crippen LogP contribution < -0.4 is 31.1 Å². The summed E-state index contributed by atoms with van der Waals surface area (Å²) in [7, 11) is 0. The average molecular weight is 1060 g/mol. The molecule has 0 radical (unpaired) electrons. The van der Waals surface area contributed by atoms with Gasteiger partial charge in [-0.1, -0.05) is 262 Å². The minimum Gasteiger partial charge on any atom is -0.311 e. The number of nitrogens with zero attached hydrogens (tertiary/aromatic N) is 3. The summed E-state index contributed by atoms with van der Waals surface area (Å²) in [5.74, 6) is 0. The third-order valence-electron chi connectivity index (χ3n) is 18.5. The Balaban J connectivity index is 1.12. The fourth-order valence-electron chi connectivity index (χ4n) is 13.2. The highest BCUT2D eigenvalue weighted by atomic mass is 15.2. The van der Waals surface area contributed by atoms with Crippen molar-refractivity contribution in [1.82, 2.24) is 0 Å². The zero-order chi connectivity index (χ0) is 56.4. The van der Waals surface area contributed by atoms with Crippen LogP contribution in [0.25, 0.3) is 0 Å². The van der Waals surface area contributed by atoms with Crippen LogP contribution in [0.2, 0.25) is 0 Å². The van der Waals surface area contributed by atoms with Gasteiger partial charge in [0.05, 0.1) is 5.69 Å². The highest BCUT2D eigenvalue weighted by Crippen LogP contribution is 2.50. The predicted molar refractivity (Wildman–Crippen MR) is 349 cm³/mol. The van der Waals surface area contributed by atoms with Gasteiger partial charge in [-0.2, -0.15) is 0 Å². The summed E-state index contributed by atoms with van der Waals surface area (Å²) in [4.78, 5) is 7.59. The van der Waals surface area contributed by atoms with E-state index in [4.69, 9.17) is 0 Å². The number of rotatable bonds is 13. The Morgan fingerprint density at radius 1 is 0.256 bits per heavy atom. The van der Waals surface area contributed by atoms with Gasteiger partial charge >= 0.3 is 0 Å². The van der Waals surface area contributed by atoms with Gasteiger partial charge in [0.15, 0.2) is 0 Å². The molecule has 0 spiro atoms.